The molecule has 1 aromatic carbocycles. The first-order chi connectivity index (χ1) is 8.67. The number of oxazole rings is 1. The minimum atomic E-state index is 0.294. The second-order valence-corrected chi connectivity index (χ2v) is 4.28. The van der Waals surface area contributed by atoms with Crippen LogP contribution in [-0.4, -0.2) is 18.4 Å². The third-order valence-corrected chi connectivity index (χ3v) is 2.72. The van der Waals surface area contributed by atoms with Gasteiger partial charge in [-0.25, -0.2) is 4.98 Å². The average molecular weight is 245 g/mol. The lowest BCUT2D eigenvalue weighted by Crippen LogP contribution is -1.94. The van der Waals surface area contributed by atoms with Gasteiger partial charge in [-0.3, -0.25) is 4.79 Å². The summed E-state index contributed by atoms with van der Waals surface area (Å²) in [6.07, 6.45) is 2.39. The number of hydrogen-bond acceptors (Lipinski definition) is 4. The molecule has 0 radical (unpaired) electrons. The van der Waals surface area contributed by atoms with Gasteiger partial charge in [0.15, 0.2) is 6.29 Å². The predicted molar refractivity (Wildman–Crippen MR) is 68.0 cm³/mol. The van der Waals surface area contributed by atoms with E-state index >= 15 is 0 Å². The monoisotopic (exact) mass is 245 g/mol. The van der Waals surface area contributed by atoms with Gasteiger partial charge in [-0.1, -0.05) is 19.9 Å². The molecule has 0 saturated carbocycles. The van der Waals surface area contributed by atoms with Gasteiger partial charge in [-0.05, 0) is 18.1 Å². The standard InChI is InChI=1S/C14H15NO3/c1-9(2)12-8-18-14(15-12)11-6-4-5-10(7-16)13(11)17-3/h4-9H,1-3H3. The zero-order chi connectivity index (χ0) is 13.1. The SMILES string of the molecule is COc1c(C=O)cccc1-c1nc(C(C)C)co1. The van der Waals surface area contributed by atoms with E-state index < -0.39 is 0 Å². The number of aldehydes is 1. The maximum Gasteiger partial charge on any atom is 0.229 e. The van der Waals surface area contributed by atoms with E-state index in [0.29, 0.717) is 28.7 Å². The Balaban J connectivity index is 2.52. The minimum Gasteiger partial charge on any atom is -0.495 e. The number of hydrogen-bond donors (Lipinski definition) is 0. The Labute approximate surface area is 106 Å². The Bertz CT molecular complexity index is 558. The summed E-state index contributed by atoms with van der Waals surface area (Å²) in [6, 6.07) is 5.30. The van der Waals surface area contributed by atoms with E-state index in [1.165, 1.54) is 7.11 Å². The van der Waals surface area contributed by atoms with Gasteiger partial charge in [0.2, 0.25) is 5.89 Å². The first kappa shape index (κ1) is 12.4. The van der Waals surface area contributed by atoms with Crippen LogP contribution < -0.4 is 4.74 Å². The number of rotatable bonds is 4. The summed E-state index contributed by atoms with van der Waals surface area (Å²) >= 11 is 0. The van der Waals surface area contributed by atoms with Crippen molar-refractivity contribution in [1.29, 1.82) is 0 Å². The minimum absolute atomic E-state index is 0.294. The van der Waals surface area contributed by atoms with Gasteiger partial charge in [0.25, 0.3) is 0 Å². The molecule has 0 fully saturated rings. The molecule has 0 spiro atoms. The van der Waals surface area contributed by atoms with Gasteiger partial charge >= 0.3 is 0 Å². The largest absolute Gasteiger partial charge is 0.495 e. The molecule has 1 heterocycles. The fraction of sp³-hybridized carbons (Fsp3) is 0.286. The van der Waals surface area contributed by atoms with Crippen LogP contribution >= 0.6 is 0 Å². The lowest BCUT2D eigenvalue weighted by molar-refractivity contribution is 0.112. The Hall–Kier alpha value is -2.10. The maximum absolute atomic E-state index is 11.0. The molecule has 4 heteroatoms. The number of carbonyl (C=O) groups is 1. The molecule has 0 N–H and O–H groups in total. The number of aromatic nitrogens is 1. The highest BCUT2D eigenvalue weighted by molar-refractivity contribution is 5.84. The van der Waals surface area contributed by atoms with E-state index in [1.807, 2.05) is 19.9 Å². The van der Waals surface area contributed by atoms with Gasteiger partial charge in [0.05, 0.1) is 23.9 Å². The number of benzene rings is 1. The summed E-state index contributed by atoms with van der Waals surface area (Å²) in [5.74, 6) is 1.26. The summed E-state index contributed by atoms with van der Waals surface area (Å²) in [5.41, 5.74) is 2.05. The van der Waals surface area contributed by atoms with Crippen LogP contribution in [0.15, 0.2) is 28.9 Å². The quantitative estimate of drug-likeness (QED) is 0.775. The molecule has 18 heavy (non-hydrogen) atoms. The highest BCUT2D eigenvalue weighted by atomic mass is 16.5. The molecule has 0 amide bonds. The molecule has 0 bridgehead atoms. The molecular weight excluding hydrogens is 230 g/mol. The van der Waals surface area contributed by atoms with Crippen molar-refractivity contribution >= 4 is 6.29 Å². The number of nitrogens with zero attached hydrogens (tertiary/aromatic N) is 1. The molecule has 0 aliphatic rings. The van der Waals surface area contributed by atoms with E-state index in [-0.39, 0.29) is 0 Å². The molecule has 2 aromatic rings. The van der Waals surface area contributed by atoms with Gasteiger partial charge in [-0.2, -0.15) is 0 Å². The van der Waals surface area contributed by atoms with E-state index in [1.54, 1.807) is 18.4 Å². The van der Waals surface area contributed by atoms with E-state index in [2.05, 4.69) is 4.98 Å². The fourth-order valence-corrected chi connectivity index (χ4v) is 1.72. The molecule has 2 rings (SSSR count). The lowest BCUT2D eigenvalue weighted by atomic mass is 10.1. The van der Waals surface area contributed by atoms with Gasteiger partial charge < -0.3 is 9.15 Å². The van der Waals surface area contributed by atoms with Crippen molar-refractivity contribution in [1.82, 2.24) is 4.98 Å². The second kappa shape index (κ2) is 5.04. The first-order valence-electron chi connectivity index (χ1n) is 5.75. The zero-order valence-electron chi connectivity index (χ0n) is 10.6. The van der Waals surface area contributed by atoms with Crippen LogP contribution in [0.2, 0.25) is 0 Å². The van der Waals surface area contributed by atoms with Gasteiger partial charge in [0.1, 0.15) is 12.0 Å². The number of ether oxygens (including phenoxy) is 1. The summed E-state index contributed by atoms with van der Waals surface area (Å²) in [7, 11) is 1.53. The topological polar surface area (TPSA) is 52.3 Å². The third kappa shape index (κ3) is 2.14. The molecule has 0 saturated heterocycles. The van der Waals surface area contributed by atoms with Gasteiger partial charge in [-0.15, -0.1) is 0 Å². The summed E-state index contributed by atoms with van der Waals surface area (Å²) in [5, 5.41) is 0. The molecule has 1 aromatic heterocycles. The molecule has 4 nitrogen and oxygen atoms in total. The van der Waals surface area contributed by atoms with Crippen LogP contribution in [0, 0.1) is 0 Å². The number of methoxy groups -OCH3 is 1. The van der Waals surface area contributed by atoms with Crippen molar-refractivity contribution in [3.05, 3.63) is 35.7 Å². The Morgan fingerprint density at radius 2 is 2.17 bits per heavy atom. The van der Waals surface area contributed by atoms with Crippen LogP contribution in [0.3, 0.4) is 0 Å². The van der Waals surface area contributed by atoms with Crippen LogP contribution in [0.1, 0.15) is 35.8 Å². The van der Waals surface area contributed by atoms with Crippen molar-refractivity contribution in [2.45, 2.75) is 19.8 Å². The Kier molecular flexibility index (Phi) is 3.46. The Morgan fingerprint density at radius 3 is 2.72 bits per heavy atom. The van der Waals surface area contributed by atoms with Crippen LogP contribution in [0.25, 0.3) is 11.5 Å². The Morgan fingerprint density at radius 1 is 1.39 bits per heavy atom. The predicted octanol–water partition coefficient (Wildman–Crippen LogP) is 3.29. The normalized spacial score (nSPS) is 10.7. The van der Waals surface area contributed by atoms with E-state index in [4.69, 9.17) is 9.15 Å². The van der Waals surface area contributed by atoms with Crippen molar-refractivity contribution in [2.75, 3.05) is 7.11 Å². The van der Waals surface area contributed by atoms with Crippen molar-refractivity contribution in [3.63, 3.8) is 0 Å². The van der Waals surface area contributed by atoms with E-state index in [0.717, 1.165) is 12.0 Å². The van der Waals surface area contributed by atoms with Crippen LogP contribution in [0.4, 0.5) is 0 Å². The first-order valence-corrected chi connectivity index (χ1v) is 5.75. The average Bonchev–Trinajstić information content (AvgIpc) is 2.87. The summed E-state index contributed by atoms with van der Waals surface area (Å²) in [4.78, 5) is 15.4. The van der Waals surface area contributed by atoms with Crippen molar-refractivity contribution in [2.24, 2.45) is 0 Å². The van der Waals surface area contributed by atoms with Crippen LogP contribution in [0.5, 0.6) is 5.75 Å². The highest BCUT2D eigenvalue weighted by Crippen LogP contribution is 2.32. The van der Waals surface area contributed by atoms with Crippen LogP contribution in [-0.2, 0) is 0 Å². The smallest absolute Gasteiger partial charge is 0.229 e. The summed E-state index contributed by atoms with van der Waals surface area (Å²) < 4.78 is 10.7. The number of para-hydroxylation sites is 1. The lowest BCUT2D eigenvalue weighted by Gasteiger charge is -2.07. The maximum atomic E-state index is 11.0. The molecule has 0 aliphatic heterocycles. The molecule has 94 valence electrons. The van der Waals surface area contributed by atoms with E-state index in [9.17, 15) is 4.79 Å². The molecule has 0 aliphatic carbocycles. The van der Waals surface area contributed by atoms with Crippen molar-refractivity contribution < 1.29 is 13.9 Å². The third-order valence-electron chi connectivity index (χ3n) is 2.72. The molecule has 0 atom stereocenters. The molecular formula is C14H15NO3. The number of carbonyl (C=O) groups excluding carboxylic acids is 1. The second-order valence-electron chi connectivity index (χ2n) is 4.28. The zero-order valence-corrected chi connectivity index (χ0v) is 10.6. The molecule has 0 unspecified atom stereocenters. The summed E-state index contributed by atoms with van der Waals surface area (Å²) in [6.45, 7) is 4.08. The highest BCUT2D eigenvalue weighted by Gasteiger charge is 2.16. The van der Waals surface area contributed by atoms with Gasteiger partial charge in [0, 0.05) is 0 Å². The fourth-order valence-electron chi connectivity index (χ4n) is 1.72. The van der Waals surface area contributed by atoms with Crippen molar-refractivity contribution in [3.8, 4) is 17.2 Å².